The van der Waals surface area contributed by atoms with Crippen molar-refractivity contribution < 1.29 is 17.6 Å². The van der Waals surface area contributed by atoms with Crippen LogP contribution in [0.4, 0.5) is 10.1 Å². The van der Waals surface area contributed by atoms with Crippen LogP contribution in [0.3, 0.4) is 0 Å². The first-order valence-corrected chi connectivity index (χ1v) is 11.0. The summed E-state index contributed by atoms with van der Waals surface area (Å²) >= 11 is 0. The number of nitrogens with zero attached hydrogens (tertiary/aromatic N) is 2. The number of piperazine rings is 1. The summed E-state index contributed by atoms with van der Waals surface area (Å²) in [5.74, 6) is -0.518. The smallest absolute Gasteiger partial charge is 0.251 e. The van der Waals surface area contributed by atoms with Crippen molar-refractivity contribution in [1.82, 2.24) is 10.2 Å². The minimum Gasteiger partial charge on any atom is -0.369 e. The van der Waals surface area contributed by atoms with Crippen molar-refractivity contribution in [1.29, 1.82) is 0 Å². The molecule has 1 saturated heterocycles. The molecule has 1 fully saturated rings. The van der Waals surface area contributed by atoms with Gasteiger partial charge in [0.1, 0.15) is 5.82 Å². The van der Waals surface area contributed by atoms with Gasteiger partial charge in [-0.2, -0.15) is 0 Å². The number of carbonyl (C=O) groups excluding carboxylic acids is 1. The predicted molar refractivity (Wildman–Crippen MR) is 107 cm³/mol. The first kappa shape index (κ1) is 20.3. The molecule has 6 nitrogen and oxygen atoms in total. The number of rotatable bonds is 6. The summed E-state index contributed by atoms with van der Waals surface area (Å²) in [4.78, 5) is 16.9. The van der Waals surface area contributed by atoms with Crippen LogP contribution >= 0.6 is 0 Å². The maximum Gasteiger partial charge on any atom is 0.251 e. The van der Waals surface area contributed by atoms with Gasteiger partial charge in [0.25, 0.3) is 5.91 Å². The summed E-state index contributed by atoms with van der Waals surface area (Å²) in [5.41, 5.74) is 1.35. The van der Waals surface area contributed by atoms with Crippen LogP contribution in [0.5, 0.6) is 0 Å². The molecule has 1 N–H and O–H groups in total. The van der Waals surface area contributed by atoms with Crippen molar-refractivity contribution in [2.75, 3.05) is 50.4 Å². The summed E-state index contributed by atoms with van der Waals surface area (Å²) in [7, 11) is -3.34. The molecule has 0 aromatic heterocycles. The number of hydrogen-bond acceptors (Lipinski definition) is 5. The zero-order chi connectivity index (χ0) is 20.1. The molecule has 0 saturated carbocycles. The second-order valence-electron chi connectivity index (χ2n) is 6.86. The number of nitrogens with one attached hydrogen (secondary N) is 1. The predicted octanol–water partition coefficient (Wildman–Crippen LogP) is 1.78. The van der Waals surface area contributed by atoms with Gasteiger partial charge in [0.05, 0.1) is 4.90 Å². The van der Waals surface area contributed by atoms with Crippen molar-refractivity contribution >= 4 is 21.4 Å². The number of hydrogen-bond donors (Lipinski definition) is 1. The van der Waals surface area contributed by atoms with E-state index < -0.39 is 9.84 Å². The molecule has 1 amide bonds. The standard InChI is InChI=1S/C20H24FN3O3S/c1-28(26,27)19-4-2-3-16(15-19)20(25)22-9-10-23-11-13-24(14-12-23)18-7-5-17(21)6-8-18/h2-8,15H,9-14H2,1H3,(H,22,25). The Labute approximate surface area is 164 Å². The second kappa shape index (κ2) is 8.70. The van der Waals surface area contributed by atoms with E-state index in [1.165, 1.54) is 24.3 Å². The highest BCUT2D eigenvalue weighted by molar-refractivity contribution is 7.90. The first-order chi connectivity index (χ1) is 13.3. The molecule has 8 heteroatoms. The molecule has 1 heterocycles. The Morgan fingerprint density at radius 2 is 1.75 bits per heavy atom. The van der Waals surface area contributed by atoms with Crippen LogP contribution in [0, 0.1) is 5.82 Å². The third-order valence-corrected chi connectivity index (χ3v) is 5.91. The van der Waals surface area contributed by atoms with Crippen molar-refractivity contribution in [3.8, 4) is 0 Å². The molecule has 28 heavy (non-hydrogen) atoms. The van der Waals surface area contributed by atoms with Crippen LogP contribution in [-0.4, -0.2) is 64.7 Å². The Bertz CT molecular complexity index is 924. The first-order valence-electron chi connectivity index (χ1n) is 9.14. The molecule has 0 radical (unpaired) electrons. The molecule has 0 aliphatic carbocycles. The third-order valence-electron chi connectivity index (χ3n) is 4.80. The summed E-state index contributed by atoms with van der Waals surface area (Å²) < 4.78 is 36.3. The van der Waals surface area contributed by atoms with Gasteiger partial charge in [-0.25, -0.2) is 12.8 Å². The zero-order valence-electron chi connectivity index (χ0n) is 15.8. The average Bonchev–Trinajstić information content (AvgIpc) is 2.68. The number of amides is 1. The van der Waals surface area contributed by atoms with Gasteiger partial charge < -0.3 is 10.2 Å². The Kier molecular flexibility index (Phi) is 6.31. The number of sulfone groups is 1. The van der Waals surface area contributed by atoms with Crippen molar-refractivity contribution in [2.45, 2.75) is 4.90 Å². The zero-order valence-corrected chi connectivity index (χ0v) is 16.6. The van der Waals surface area contributed by atoms with Gasteiger partial charge >= 0.3 is 0 Å². The summed E-state index contributed by atoms with van der Waals surface area (Å²) in [6.07, 6.45) is 1.12. The van der Waals surface area contributed by atoms with Gasteiger partial charge in [-0.1, -0.05) is 6.07 Å². The molecular formula is C20H24FN3O3S. The Balaban J connectivity index is 1.45. The lowest BCUT2D eigenvalue weighted by atomic mass is 10.2. The fourth-order valence-electron chi connectivity index (χ4n) is 3.18. The molecule has 3 rings (SSSR count). The monoisotopic (exact) mass is 405 g/mol. The maximum atomic E-state index is 13.0. The van der Waals surface area contributed by atoms with Crippen LogP contribution in [0.2, 0.25) is 0 Å². The number of halogens is 1. The molecule has 1 aliphatic heterocycles. The van der Waals surface area contributed by atoms with E-state index in [2.05, 4.69) is 15.1 Å². The van der Waals surface area contributed by atoms with Crippen LogP contribution in [-0.2, 0) is 9.84 Å². The van der Waals surface area contributed by atoms with Gasteiger partial charge in [0.15, 0.2) is 9.84 Å². The van der Waals surface area contributed by atoms with Gasteiger partial charge in [-0.3, -0.25) is 9.69 Å². The molecule has 1 aliphatic rings. The highest BCUT2D eigenvalue weighted by Gasteiger charge is 2.17. The Morgan fingerprint density at radius 1 is 1.07 bits per heavy atom. The summed E-state index contributed by atoms with van der Waals surface area (Å²) in [6, 6.07) is 12.6. The van der Waals surface area contributed by atoms with Gasteiger partial charge in [-0.05, 0) is 42.5 Å². The van der Waals surface area contributed by atoms with Crippen LogP contribution in [0.15, 0.2) is 53.4 Å². The minimum absolute atomic E-state index is 0.136. The fraction of sp³-hybridized carbons (Fsp3) is 0.350. The molecule has 0 atom stereocenters. The van der Waals surface area contributed by atoms with Crippen molar-refractivity contribution in [2.24, 2.45) is 0 Å². The van der Waals surface area contributed by atoms with E-state index in [1.54, 1.807) is 24.3 Å². The van der Waals surface area contributed by atoms with E-state index >= 15 is 0 Å². The highest BCUT2D eigenvalue weighted by atomic mass is 32.2. The molecule has 150 valence electrons. The highest BCUT2D eigenvalue weighted by Crippen LogP contribution is 2.16. The second-order valence-corrected chi connectivity index (χ2v) is 8.88. The van der Waals surface area contributed by atoms with E-state index in [0.29, 0.717) is 12.1 Å². The molecule has 0 bridgehead atoms. The normalized spacial score (nSPS) is 15.4. The van der Waals surface area contributed by atoms with Crippen molar-refractivity contribution in [3.63, 3.8) is 0 Å². The fourth-order valence-corrected chi connectivity index (χ4v) is 3.85. The third kappa shape index (κ3) is 5.30. The quantitative estimate of drug-likeness (QED) is 0.794. The van der Waals surface area contributed by atoms with Crippen molar-refractivity contribution in [3.05, 3.63) is 59.9 Å². The SMILES string of the molecule is CS(=O)(=O)c1cccc(C(=O)NCCN2CCN(c3ccc(F)cc3)CC2)c1. The lowest BCUT2D eigenvalue weighted by Gasteiger charge is -2.36. The van der Waals surface area contributed by atoms with Crippen LogP contribution < -0.4 is 10.2 Å². The Hall–Kier alpha value is -2.45. The number of benzene rings is 2. The maximum absolute atomic E-state index is 13.0. The molecule has 2 aromatic carbocycles. The van der Waals surface area contributed by atoms with E-state index in [4.69, 9.17) is 0 Å². The van der Waals surface area contributed by atoms with E-state index in [0.717, 1.165) is 44.7 Å². The lowest BCUT2D eigenvalue weighted by Crippen LogP contribution is -2.48. The molecule has 0 unspecified atom stereocenters. The van der Waals surface area contributed by atoms with Gasteiger partial charge in [0, 0.05) is 56.8 Å². The number of anilines is 1. The molecular weight excluding hydrogens is 381 g/mol. The number of carbonyl (C=O) groups is 1. The average molecular weight is 405 g/mol. The van der Waals surface area contributed by atoms with Gasteiger partial charge in [-0.15, -0.1) is 0 Å². The van der Waals surface area contributed by atoms with Crippen LogP contribution in [0.1, 0.15) is 10.4 Å². The lowest BCUT2D eigenvalue weighted by molar-refractivity contribution is 0.0947. The topological polar surface area (TPSA) is 69.7 Å². The summed E-state index contributed by atoms with van der Waals surface area (Å²) in [6.45, 7) is 4.60. The van der Waals surface area contributed by atoms with Crippen LogP contribution in [0.25, 0.3) is 0 Å². The van der Waals surface area contributed by atoms with E-state index in [1.807, 2.05) is 0 Å². The Morgan fingerprint density at radius 3 is 2.39 bits per heavy atom. The van der Waals surface area contributed by atoms with E-state index in [9.17, 15) is 17.6 Å². The van der Waals surface area contributed by atoms with E-state index in [-0.39, 0.29) is 16.6 Å². The molecule has 2 aromatic rings. The molecule has 0 spiro atoms. The van der Waals surface area contributed by atoms with Gasteiger partial charge in [0.2, 0.25) is 0 Å². The largest absolute Gasteiger partial charge is 0.369 e. The minimum atomic E-state index is -3.34. The summed E-state index contributed by atoms with van der Waals surface area (Å²) in [5, 5.41) is 2.84.